The average Bonchev–Trinajstić information content (AvgIpc) is 2.57. The normalized spacial score (nSPS) is 17.8. The molecule has 0 bridgehead atoms. The first kappa shape index (κ1) is 18.5. The van der Waals surface area contributed by atoms with Crippen LogP contribution in [-0.2, 0) is 9.53 Å². The van der Waals surface area contributed by atoms with E-state index >= 15 is 0 Å². The van der Waals surface area contributed by atoms with Gasteiger partial charge in [0.05, 0.1) is 24.8 Å². The lowest BCUT2D eigenvalue weighted by Crippen LogP contribution is -2.57. The zero-order valence-corrected chi connectivity index (χ0v) is 14.8. The van der Waals surface area contributed by atoms with Crippen LogP contribution in [0.2, 0.25) is 0 Å². The summed E-state index contributed by atoms with van der Waals surface area (Å²) in [6, 6.07) is 5.55. The second-order valence-electron chi connectivity index (χ2n) is 6.04. The molecule has 1 amide bonds. The van der Waals surface area contributed by atoms with Gasteiger partial charge in [0.2, 0.25) is 5.91 Å². The summed E-state index contributed by atoms with van der Waals surface area (Å²) >= 11 is 0. The summed E-state index contributed by atoms with van der Waals surface area (Å²) in [6.07, 6.45) is 1.08. The number of carbonyl (C=O) groups excluding carboxylic acids is 1. The van der Waals surface area contributed by atoms with Gasteiger partial charge < -0.3 is 25.3 Å². The van der Waals surface area contributed by atoms with Crippen molar-refractivity contribution in [3.05, 3.63) is 23.8 Å². The fraction of sp³-hybridized carbons (Fsp3) is 0.611. The van der Waals surface area contributed by atoms with E-state index in [0.717, 1.165) is 5.56 Å². The fourth-order valence-electron chi connectivity index (χ4n) is 2.72. The highest BCUT2D eigenvalue weighted by Crippen LogP contribution is 2.31. The molecular weight excluding hydrogens is 308 g/mol. The van der Waals surface area contributed by atoms with Crippen molar-refractivity contribution in [2.45, 2.75) is 45.2 Å². The molecule has 0 aromatic heterocycles. The first-order chi connectivity index (χ1) is 11.5. The molecule has 1 unspecified atom stereocenters. The van der Waals surface area contributed by atoms with E-state index < -0.39 is 5.54 Å². The minimum Gasteiger partial charge on any atom is -0.490 e. The third-order valence-corrected chi connectivity index (χ3v) is 4.25. The Morgan fingerprint density at radius 3 is 2.50 bits per heavy atom. The number of carbonyl (C=O) groups is 1. The van der Waals surface area contributed by atoms with Gasteiger partial charge in [0.1, 0.15) is 0 Å². The number of amides is 1. The highest BCUT2D eigenvalue weighted by Gasteiger charge is 2.36. The summed E-state index contributed by atoms with van der Waals surface area (Å²) in [4.78, 5) is 12.5. The third kappa shape index (κ3) is 4.39. The molecule has 3 N–H and O–H groups in total. The average molecular weight is 336 g/mol. The molecule has 1 heterocycles. The predicted molar refractivity (Wildman–Crippen MR) is 92.3 cm³/mol. The molecule has 1 aromatic carbocycles. The summed E-state index contributed by atoms with van der Waals surface area (Å²) < 4.78 is 16.5. The Balaban J connectivity index is 2.09. The number of rotatable bonds is 7. The Morgan fingerprint density at radius 1 is 1.25 bits per heavy atom. The van der Waals surface area contributed by atoms with Gasteiger partial charge in [-0.3, -0.25) is 4.79 Å². The Labute approximate surface area is 143 Å². The molecule has 0 aliphatic carbocycles. The van der Waals surface area contributed by atoms with Crippen molar-refractivity contribution in [1.29, 1.82) is 0 Å². The zero-order valence-electron chi connectivity index (χ0n) is 14.8. The maximum absolute atomic E-state index is 12.5. The van der Waals surface area contributed by atoms with Gasteiger partial charge in [0, 0.05) is 13.2 Å². The summed E-state index contributed by atoms with van der Waals surface area (Å²) in [7, 11) is 0. The van der Waals surface area contributed by atoms with Crippen molar-refractivity contribution in [2.75, 3.05) is 26.4 Å². The van der Waals surface area contributed by atoms with Crippen LogP contribution in [0.5, 0.6) is 11.5 Å². The van der Waals surface area contributed by atoms with E-state index in [9.17, 15) is 4.79 Å². The molecule has 6 heteroatoms. The Kier molecular flexibility index (Phi) is 6.45. The van der Waals surface area contributed by atoms with Gasteiger partial charge in [-0.2, -0.15) is 0 Å². The van der Waals surface area contributed by atoms with Crippen LogP contribution in [-0.4, -0.2) is 37.9 Å². The molecule has 134 valence electrons. The molecule has 1 aliphatic rings. The van der Waals surface area contributed by atoms with Crippen LogP contribution >= 0.6 is 0 Å². The maximum Gasteiger partial charge on any atom is 0.240 e. The lowest BCUT2D eigenvalue weighted by Gasteiger charge is -2.33. The van der Waals surface area contributed by atoms with Crippen molar-refractivity contribution in [3.63, 3.8) is 0 Å². The summed E-state index contributed by atoms with van der Waals surface area (Å²) in [6.45, 7) is 7.97. The van der Waals surface area contributed by atoms with Gasteiger partial charge in [-0.1, -0.05) is 6.07 Å². The van der Waals surface area contributed by atoms with E-state index in [2.05, 4.69) is 5.32 Å². The largest absolute Gasteiger partial charge is 0.490 e. The quantitative estimate of drug-likeness (QED) is 0.797. The van der Waals surface area contributed by atoms with Crippen LogP contribution in [0, 0.1) is 0 Å². The second kappa shape index (κ2) is 8.35. The van der Waals surface area contributed by atoms with E-state index in [4.69, 9.17) is 19.9 Å². The van der Waals surface area contributed by atoms with Crippen LogP contribution in [0.25, 0.3) is 0 Å². The Hall–Kier alpha value is -1.79. The molecular formula is C18H28N2O4. The number of benzene rings is 1. The van der Waals surface area contributed by atoms with Crippen LogP contribution in [0.15, 0.2) is 18.2 Å². The lowest BCUT2D eigenvalue weighted by molar-refractivity contribution is -0.130. The minimum atomic E-state index is -0.847. The first-order valence-corrected chi connectivity index (χ1v) is 8.57. The molecule has 1 saturated heterocycles. The van der Waals surface area contributed by atoms with Crippen molar-refractivity contribution in [3.8, 4) is 11.5 Å². The fourth-order valence-corrected chi connectivity index (χ4v) is 2.72. The molecule has 2 rings (SSSR count). The number of ether oxygens (including phenoxy) is 3. The van der Waals surface area contributed by atoms with E-state index in [0.29, 0.717) is 50.8 Å². The van der Waals surface area contributed by atoms with E-state index in [1.165, 1.54) is 0 Å². The van der Waals surface area contributed by atoms with Crippen molar-refractivity contribution in [2.24, 2.45) is 5.73 Å². The second-order valence-corrected chi connectivity index (χ2v) is 6.04. The minimum absolute atomic E-state index is 0.134. The van der Waals surface area contributed by atoms with Crippen LogP contribution in [0.4, 0.5) is 0 Å². The van der Waals surface area contributed by atoms with Crippen LogP contribution in [0.3, 0.4) is 0 Å². The molecule has 24 heavy (non-hydrogen) atoms. The van der Waals surface area contributed by atoms with E-state index in [-0.39, 0.29) is 11.9 Å². The van der Waals surface area contributed by atoms with Gasteiger partial charge in [0.15, 0.2) is 11.5 Å². The summed E-state index contributed by atoms with van der Waals surface area (Å²) in [5.41, 5.74) is 6.34. The molecule has 6 nitrogen and oxygen atoms in total. The third-order valence-electron chi connectivity index (χ3n) is 4.25. The molecule has 1 aliphatic heterocycles. The summed E-state index contributed by atoms with van der Waals surface area (Å²) in [5, 5.41) is 3.01. The van der Waals surface area contributed by atoms with Crippen molar-refractivity contribution < 1.29 is 19.0 Å². The topological polar surface area (TPSA) is 82.8 Å². The molecule has 0 radical (unpaired) electrons. The highest BCUT2D eigenvalue weighted by atomic mass is 16.5. The van der Waals surface area contributed by atoms with Gasteiger partial charge in [0.25, 0.3) is 0 Å². The van der Waals surface area contributed by atoms with Gasteiger partial charge >= 0.3 is 0 Å². The Morgan fingerprint density at radius 2 is 1.88 bits per heavy atom. The van der Waals surface area contributed by atoms with E-state index in [1.807, 2.05) is 39.0 Å². The lowest BCUT2D eigenvalue weighted by atomic mass is 9.90. The van der Waals surface area contributed by atoms with E-state index in [1.54, 1.807) is 0 Å². The number of nitrogens with two attached hydrogens (primary N) is 1. The first-order valence-electron chi connectivity index (χ1n) is 8.57. The maximum atomic E-state index is 12.5. The highest BCUT2D eigenvalue weighted by molar-refractivity contribution is 5.86. The number of hydrogen-bond donors (Lipinski definition) is 2. The molecule has 1 aromatic rings. The van der Waals surface area contributed by atoms with Crippen molar-refractivity contribution >= 4 is 5.91 Å². The van der Waals surface area contributed by atoms with Crippen LogP contribution < -0.4 is 20.5 Å². The van der Waals surface area contributed by atoms with Crippen molar-refractivity contribution in [1.82, 2.24) is 5.32 Å². The number of nitrogens with one attached hydrogen (secondary N) is 1. The SMILES string of the molecule is CCOc1ccc(C(C)NC(=O)C2(N)CCOCC2)cc1OCC. The smallest absolute Gasteiger partial charge is 0.240 e. The molecule has 0 saturated carbocycles. The Bertz CT molecular complexity index is 556. The summed E-state index contributed by atoms with van der Waals surface area (Å²) in [5.74, 6) is 1.26. The predicted octanol–water partition coefficient (Wildman–Crippen LogP) is 2.17. The number of hydrogen-bond acceptors (Lipinski definition) is 5. The molecule has 0 spiro atoms. The monoisotopic (exact) mass is 336 g/mol. The van der Waals surface area contributed by atoms with Gasteiger partial charge in [-0.25, -0.2) is 0 Å². The van der Waals surface area contributed by atoms with Gasteiger partial charge in [-0.05, 0) is 51.3 Å². The molecule has 1 atom stereocenters. The van der Waals surface area contributed by atoms with Gasteiger partial charge in [-0.15, -0.1) is 0 Å². The standard InChI is InChI=1S/C18H28N2O4/c1-4-23-15-7-6-14(12-16(15)24-5-2)13(3)20-17(21)18(19)8-10-22-11-9-18/h6-7,12-13H,4-5,8-11,19H2,1-3H3,(H,20,21). The van der Waals surface area contributed by atoms with Crippen LogP contribution in [0.1, 0.15) is 45.2 Å². The zero-order chi connectivity index (χ0) is 17.6. The molecule has 1 fully saturated rings.